The summed E-state index contributed by atoms with van der Waals surface area (Å²) in [7, 11) is -3.49. The Morgan fingerprint density at radius 2 is 1.75 bits per heavy atom. The minimum Gasteiger partial charge on any atom is -0.375 e. The summed E-state index contributed by atoms with van der Waals surface area (Å²) in [6.07, 6.45) is 4.55. The van der Waals surface area contributed by atoms with E-state index in [0.29, 0.717) is 24.5 Å². The van der Waals surface area contributed by atoms with Gasteiger partial charge in [-0.15, -0.1) is 0 Å². The van der Waals surface area contributed by atoms with E-state index in [2.05, 4.69) is 12.1 Å². The fraction of sp³-hybridized carbons (Fsp3) is 0.455. The Kier molecular flexibility index (Phi) is 5.56. The third kappa shape index (κ3) is 3.87. The Balaban J connectivity index is 1.53. The van der Waals surface area contributed by atoms with Gasteiger partial charge in [0.2, 0.25) is 10.0 Å². The Morgan fingerprint density at radius 1 is 1.00 bits per heavy atom. The van der Waals surface area contributed by atoms with Crippen LogP contribution >= 0.6 is 0 Å². The number of nitrogens with zero attached hydrogens (tertiary/aromatic N) is 1. The van der Waals surface area contributed by atoms with Crippen molar-refractivity contribution in [3.8, 4) is 11.1 Å². The third-order valence-corrected chi connectivity index (χ3v) is 7.91. The molecule has 2 aromatic carbocycles. The van der Waals surface area contributed by atoms with E-state index in [-0.39, 0.29) is 5.60 Å². The maximum Gasteiger partial charge on any atom is 0.243 e. The number of benzene rings is 2. The zero-order chi connectivity index (χ0) is 19.6. The first kappa shape index (κ1) is 19.6. The quantitative estimate of drug-likeness (QED) is 0.837. The largest absolute Gasteiger partial charge is 0.375 e. The molecule has 2 aromatic rings. The first-order valence-electron chi connectivity index (χ1n) is 10.1. The maximum absolute atomic E-state index is 13.2. The second-order valence-corrected chi connectivity index (χ2v) is 9.74. The molecule has 2 aliphatic heterocycles. The summed E-state index contributed by atoms with van der Waals surface area (Å²) < 4.78 is 33.9. The summed E-state index contributed by atoms with van der Waals surface area (Å²) in [5, 5.41) is 0. The monoisotopic (exact) mass is 400 g/mol. The molecule has 2 heterocycles. The van der Waals surface area contributed by atoms with Crippen LogP contribution in [0.4, 0.5) is 0 Å². The SMILES string of the molecule is NCCc1ccc(-c2cccc(S(=O)(=O)N3CCC4(CCCO4)CC3)c2)cc1. The molecule has 6 heteroatoms. The van der Waals surface area contributed by atoms with Crippen LogP contribution < -0.4 is 5.73 Å². The smallest absolute Gasteiger partial charge is 0.243 e. The van der Waals surface area contributed by atoms with Crippen molar-refractivity contribution in [2.45, 2.75) is 42.6 Å². The summed E-state index contributed by atoms with van der Waals surface area (Å²) in [5.74, 6) is 0. The number of rotatable bonds is 5. The van der Waals surface area contributed by atoms with Crippen LogP contribution in [0.15, 0.2) is 53.4 Å². The molecule has 0 unspecified atom stereocenters. The van der Waals surface area contributed by atoms with Crippen LogP contribution in [0.1, 0.15) is 31.2 Å². The Labute approximate surface area is 167 Å². The van der Waals surface area contributed by atoms with Crippen molar-refractivity contribution in [1.29, 1.82) is 0 Å². The van der Waals surface area contributed by atoms with Crippen LogP contribution in [0.2, 0.25) is 0 Å². The number of nitrogens with two attached hydrogens (primary N) is 1. The highest BCUT2D eigenvalue weighted by atomic mass is 32.2. The van der Waals surface area contributed by atoms with Gasteiger partial charge in [-0.25, -0.2) is 8.42 Å². The lowest BCUT2D eigenvalue weighted by molar-refractivity contribution is -0.0309. The standard InChI is InChI=1S/C22H28N2O3S/c23-13-9-18-5-7-19(8-6-18)20-3-1-4-21(17-20)28(25,26)24-14-11-22(12-15-24)10-2-16-27-22/h1,3-8,17H,2,9-16,23H2. The average Bonchev–Trinajstić information content (AvgIpc) is 3.17. The first-order chi connectivity index (χ1) is 13.5. The van der Waals surface area contributed by atoms with Gasteiger partial charge in [0.25, 0.3) is 0 Å². The van der Waals surface area contributed by atoms with Crippen molar-refractivity contribution in [2.24, 2.45) is 5.73 Å². The Bertz CT molecular complexity index is 909. The van der Waals surface area contributed by atoms with Crippen molar-refractivity contribution in [3.63, 3.8) is 0 Å². The number of ether oxygens (including phenoxy) is 1. The van der Waals surface area contributed by atoms with Crippen molar-refractivity contribution in [2.75, 3.05) is 26.2 Å². The molecule has 2 N–H and O–H groups in total. The molecule has 0 atom stereocenters. The van der Waals surface area contributed by atoms with E-state index in [0.717, 1.165) is 49.8 Å². The molecule has 2 aliphatic rings. The summed E-state index contributed by atoms with van der Waals surface area (Å²) in [6, 6.07) is 15.4. The minimum atomic E-state index is -3.49. The fourth-order valence-electron chi connectivity index (χ4n) is 4.30. The van der Waals surface area contributed by atoms with E-state index < -0.39 is 10.0 Å². The van der Waals surface area contributed by atoms with Gasteiger partial charge in [-0.2, -0.15) is 4.31 Å². The Morgan fingerprint density at radius 3 is 2.39 bits per heavy atom. The van der Waals surface area contributed by atoms with Crippen molar-refractivity contribution < 1.29 is 13.2 Å². The molecule has 4 rings (SSSR count). The predicted octanol–water partition coefficient (Wildman–Crippen LogP) is 3.19. The molecule has 0 saturated carbocycles. The van der Waals surface area contributed by atoms with E-state index in [1.54, 1.807) is 16.4 Å². The predicted molar refractivity (Wildman–Crippen MR) is 111 cm³/mol. The molecular weight excluding hydrogens is 372 g/mol. The third-order valence-electron chi connectivity index (χ3n) is 6.01. The van der Waals surface area contributed by atoms with Crippen molar-refractivity contribution in [1.82, 2.24) is 4.31 Å². The molecular formula is C22H28N2O3S. The van der Waals surface area contributed by atoms with Gasteiger partial charge < -0.3 is 10.5 Å². The molecule has 0 aliphatic carbocycles. The molecule has 2 fully saturated rings. The van der Waals surface area contributed by atoms with Crippen LogP contribution in [-0.4, -0.2) is 44.6 Å². The molecule has 28 heavy (non-hydrogen) atoms. The van der Waals surface area contributed by atoms with Gasteiger partial charge in [0.05, 0.1) is 10.5 Å². The van der Waals surface area contributed by atoms with Crippen molar-refractivity contribution in [3.05, 3.63) is 54.1 Å². The summed E-state index contributed by atoms with van der Waals surface area (Å²) in [5.41, 5.74) is 8.63. The van der Waals surface area contributed by atoms with E-state index >= 15 is 0 Å². The fourth-order valence-corrected chi connectivity index (χ4v) is 5.79. The highest BCUT2D eigenvalue weighted by Gasteiger charge is 2.41. The maximum atomic E-state index is 13.2. The molecule has 150 valence electrons. The second-order valence-electron chi connectivity index (χ2n) is 7.80. The minimum absolute atomic E-state index is 0.0842. The normalized spacial score (nSPS) is 19.9. The van der Waals surface area contributed by atoms with Crippen molar-refractivity contribution >= 4 is 10.0 Å². The molecule has 1 spiro atoms. The number of piperidine rings is 1. The van der Waals surface area contributed by atoms with Crippen LogP contribution in [-0.2, 0) is 21.2 Å². The van der Waals surface area contributed by atoms with Gasteiger partial charge in [0, 0.05) is 19.7 Å². The molecule has 0 aromatic heterocycles. The molecule has 5 nitrogen and oxygen atoms in total. The topological polar surface area (TPSA) is 72.6 Å². The molecule has 0 amide bonds. The lowest BCUT2D eigenvalue weighted by Crippen LogP contribution is -2.46. The highest BCUT2D eigenvalue weighted by molar-refractivity contribution is 7.89. The number of sulfonamides is 1. The van der Waals surface area contributed by atoms with Crippen LogP contribution in [0.3, 0.4) is 0 Å². The summed E-state index contributed by atoms with van der Waals surface area (Å²) in [4.78, 5) is 0.360. The van der Waals surface area contributed by atoms with Gasteiger partial charge in [-0.05, 0) is 67.5 Å². The average molecular weight is 401 g/mol. The van der Waals surface area contributed by atoms with Gasteiger partial charge in [-0.1, -0.05) is 36.4 Å². The van der Waals surface area contributed by atoms with Gasteiger partial charge in [-0.3, -0.25) is 0 Å². The van der Waals surface area contributed by atoms with Crippen LogP contribution in [0, 0.1) is 0 Å². The van der Waals surface area contributed by atoms with E-state index in [4.69, 9.17) is 10.5 Å². The second kappa shape index (κ2) is 7.95. The lowest BCUT2D eigenvalue weighted by atomic mass is 9.90. The van der Waals surface area contributed by atoms with E-state index in [1.807, 2.05) is 24.3 Å². The zero-order valence-corrected chi connectivity index (χ0v) is 17.0. The van der Waals surface area contributed by atoms with Gasteiger partial charge in [0.1, 0.15) is 0 Å². The number of hydrogen-bond acceptors (Lipinski definition) is 4. The van der Waals surface area contributed by atoms with Crippen LogP contribution in [0.5, 0.6) is 0 Å². The number of hydrogen-bond donors (Lipinski definition) is 1. The molecule has 0 radical (unpaired) electrons. The van der Waals surface area contributed by atoms with Gasteiger partial charge in [0.15, 0.2) is 0 Å². The summed E-state index contributed by atoms with van der Waals surface area (Å²) >= 11 is 0. The van der Waals surface area contributed by atoms with Crippen LogP contribution in [0.25, 0.3) is 11.1 Å². The van der Waals surface area contributed by atoms with E-state index in [9.17, 15) is 8.42 Å². The lowest BCUT2D eigenvalue weighted by Gasteiger charge is -2.37. The molecule has 2 saturated heterocycles. The first-order valence-corrected chi connectivity index (χ1v) is 11.5. The Hall–Kier alpha value is -1.73. The highest BCUT2D eigenvalue weighted by Crippen LogP contribution is 2.37. The summed E-state index contributed by atoms with van der Waals surface area (Å²) in [6.45, 7) is 2.48. The zero-order valence-electron chi connectivity index (χ0n) is 16.1. The molecule has 0 bridgehead atoms. The van der Waals surface area contributed by atoms with E-state index in [1.165, 1.54) is 5.56 Å². The van der Waals surface area contributed by atoms with Gasteiger partial charge >= 0.3 is 0 Å².